The van der Waals surface area contributed by atoms with Crippen LogP contribution in [0.5, 0.6) is 11.5 Å². The molecule has 0 saturated carbocycles. The molecule has 1 aromatic heterocycles. The van der Waals surface area contributed by atoms with Gasteiger partial charge in [0.05, 0.1) is 13.2 Å². The van der Waals surface area contributed by atoms with Crippen molar-refractivity contribution in [3.8, 4) is 22.9 Å². The summed E-state index contributed by atoms with van der Waals surface area (Å²) in [5.41, 5.74) is 1.96. The van der Waals surface area contributed by atoms with Crippen LogP contribution in [-0.4, -0.2) is 45.8 Å². The standard InChI is InChI=1S/C23H28N4O3S/c1-4-29-19-10-6-17(7-11-19)16-26(3)21(28)14-15-27-22(24-25-23(27)31)18-8-12-20(13-9-18)30-5-2/h6-13H,4-5,14-16H2,1-3H3,(H,25,31). The number of amides is 1. The van der Waals surface area contributed by atoms with E-state index in [1.165, 1.54) is 0 Å². The number of carbonyl (C=O) groups is 1. The molecular weight excluding hydrogens is 412 g/mol. The van der Waals surface area contributed by atoms with Gasteiger partial charge in [-0.05, 0) is 68.0 Å². The molecule has 164 valence electrons. The van der Waals surface area contributed by atoms with Crippen molar-refractivity contribution in [3.63, 3.8) is 0 Å². The summed E-state index contributed by atoms with van der Waals surface area (Å²) in [6.07, 6.45) is 0.325. The number of rotatable bonds is 10. The number of aromatic amines is 1. The van der Waals surface area contributed by atoms with Crippen LogP contribution in [0.2, 0.25) is 0 Å². The number of benzene rings is 2. The SMILES string of the molecule is CCOc1ccc(CN(C)C(=O)CCn2c(-c3ccc(OCC)cc3)n[nH]c2=S)cc1. The fraction of sp³-hybridized carbons (Fsp3) is 0.348. The molecule has 0 fully saturated rings. The molecule has 0 aliphatic carbocycles. The van der Waals surface area contributed by atoms with Crippen molar-refractivity contribution in [3.05, 3.63) is 58.9 Å². The minimum absolute atomic E-state index is 0.0367. The van der Waals surface area contributed by atoms with Gasteiger partial charge in [-0.15, -0.1) is 0 Å². The van der Waals surface area contributed by atoms with E-state index >= 15 is 0 Å². The number of ether oxygens (including phenoxy) is 2. The van der Waals surface area contributed by atoms with Crippen molar-refractivity contribution < 1.29 is 14.3 Å². The predicted octanol–water partition coefficient (Wildman–Crippen LogP) is 4.45. The minimum Gasteiger partial charge on any atom is -0.494 e. The molecule has 0 radical (unpaired) electrons. The molecule has 3 aromatic rings. The molecule has 8 heteroatoms. The third-order valence-electron chi connectivity index (χ3n) is 4.81. The first-order valence-corrected chi connectivity index (χ1v) is 10.8. The molecule has 0 atom stereocenters. The van der Waals surface area contributed by atoms with Gasteiger partial charge in [0.1, 0.15) is 11.5 Å². The van der Waals surface area contributed by atoms with Gasteiger partial charge in [0.2, 0.25) is 5.91 Å². The van der Waals surface area contributed by atoms with E-state index in [9.17, 15) is 4.79 Å². The average molecular weight is 441 g/mol. The summed E-state index contributed by atoms with van der Waals surface area (Å²) >= 11 is 5.38. The Labute approximate surface area is 187 Å². The molecule has 3 rings (SSSR count). The lowest BCUT2D eigenvalue weighted by molar-refractivity contribution is -0.130. The van der Waals surface area contributed by atoms with Crippen LogP contribution >= 0.6 is 12.2 Å². The van der Waals surface area contributed by atoms with Crippen LogP contribution in [-0.2, 0) is 17.9 Å². The molecule has 2 aromatic carbocycles. The fourth-order valence-corrected chi connectivity index (χ4v) is 3.45. The van der Waals surface area contributed by atoms with E-state index in [-0.39, 0.29) is 5.91 Å². The molecule has 0 unspecified atom stereocenters. The highest BCUT2D eigenvalue weighted by atomic mass is 32.1. The summed E-state index contributed by atoms with van der Waals surface area (Å²) in [7, 11) is 1.81. The molecular formula is C23H28N4O3S. The van der Waals surface area contributed by atoms with Gasteiger partial charge in [-0.1, -0.05) is 12.1 Å². The first-order chi connectivity index (χ1) is 15.0. The Bertz CT molecular complexity index is 1040. The van der Waals surface area contributed by atoms with Gasteiger partial charge in [-0.3, -0.25) is 14.5 Å². The summed E-state index contributed by atoms with van der Waals surface area (Å²) in [5.74, 6) is 2.37. The van der Waals surface area contributed by atoms with Gasteiger partial charge < -0.3 is 14.4 Å². The molecule has 7 nitrogen and oxygen atoms in total. The zero-order chi connectivity index (χ0) is 22.2. The second-order valence-corrected chi connectivity index (χ2v) is 7.42. The number of H-pyrrole nitrogens is 1. The van der Waals surface area contributed by atoms with E-state index in [4.69, 9.17) is 21.7 Å². The van der Waals surface area contributed by atoms with Crippen LogP contribution in [0.4, 0.5) is 0 Å². The number of hydrogen-bond donors (Lipinski definition) is 1. The highest BCUT2D eigenvalue weighted by Gasteiger charge is 2.14. The van der Waals surface area contributed by atoms with E-state index in [2.05, 4.69) is 10.2 Å². The van der Waals surface area contributed by atoms with Crippen molar-refractivity contribution >= 4 is 18.1 Å². The van der Waals surface area contributed by atoms with Crippen molar-refractivity contribution in [2.45, 2.75) is 33.4 Å². The van der Waals surface area contributed by atoms with Crippen molar-refractivity contribution in [1.82, 2.24) is 19.7 Å². The maximum Gasteiger partial charge on any atom is 0.224 e. The lowest BCUT2D eigenvalue weighted by atomic mass is 10.2. The third kappa shape index (κ3) is 5.95. The lowest BCUT2D eigenvalue weighted by Crippen LogP contribution is -2.27. The second-order valence-electron chi connectivity index (χ2n) is 7.04. The molecule has 0 aliphatic heterocycles. The monoisotopic (exact) mass is 440 g/mol. The first-order valence-electron chi connectivity index (χ1n) is 10.4. The van der Waals surface area contributed by atoms with Crippen LogP contribution in [0.3, 0.4) is 0 Å². The third-order valence-corrected chi connectivity index (χ3v) is 5.12. The van der Waals surface area contributed by atoms with Crippen LogP contribution < -0.4 is 9.47 Å². The van der Waals surface area contributed by atoms with Gasteiger partial charge >= 0.3 is 0 Å². The van der Waals surface area contributed by atoms with Crippen LogP contribution in [0, 0.1) is 4.77 Å². The molecule has 1 heterocycles. The molecule has 0 spiro atoms. The second kappa shape index (κ2) is 10.8. The Kier molecular flexibility index (Phi) is 7.83. The number of nitrogens with zero attached hydrogens (tertiary/aromatic N) is 3. The summed E-state index contributed by atoms with van der Waals surface area (Å²) < 4.78 is 13.3. The van der Waals surface area contributed by atoms with Gasteiger partial charge in [0, 0.05) is 32.1 Å². The maximum atomic E-state index is 12.7. The first kappa shape index (κ1) is 22.6. The molecule has 31 heavy (non-hydrogen) atoms. The highest BCUT2D eigenvalue weighted by molar-refractivity contribution is 7.71. The highest BCUT2D eigenvalue weighted by Crippen LogP contribution is 2.21. The number of carbonyl (C=O) groups excluding carboxylic acids is 1. The van der Waals surface area contributed by atoms with E-state index in [0.717, 1.165) is 22.6 Å². The Morgan fingerprint density at radius 1 is 1.03 bits per heavy atom. The summed E-state index contributed by atoms with van der Waals surface area (Å²) in [6.45, 7) is 6.13. The zero-order valence-electron chi connectivity index (χ0n) is 18.1. The quantitative estimate of drug-likeness (QED) is 0.472. The van der Waals surface area contributed by atoms with Crippen molar-refractivity contribution in [2.24, 2.45) is 0 Å². The van der Waals surface area contributed by atoms with Gasteiger partial charge in [-0.25, -0.2) is 0 Å². The van der Waals surface area contributed by atoms with E-state index in [1.54, 1.807) is 11.9 Å². The summed E-state index contributed by atoms with van der Waals surface area (Å²) in [4.78, 5) is 14.4. The van der Waals surface area contributed by atoms with Gasteiger partial charge in [0.25, 0.3) is 0 Å². The molecule has 0 saturated heterocycles. The minimum atomic E-state index is 0.0367. The molecule has 1 amide bonds. The van der Waals surface area contributed by atoms with E-state index in [0.29, 0.717) is 43.3 Å². The van der Waals surface area contributed by atoms with Crippen LogP contribution in [0.1, 0.15) is 25.8 Å². The van der Waals surface area contributed by atoms with Crippen molar-refractivity contribution in [2.75, 3.05) is 20.3 Å². The number of aromatic nitrogens is 3. The van der Waals surface area contributed by atoms with Crippen LogP contribution in [0.25, 0.3) is 11.4 Å². The normalized spacial score (nSPS) is 10.7. The molecule has 0 aliphatic rings. The Morgan fingerprint density at radius 2 is 1.61 bits per heavy atom. The topological polar surface area (TPSA) is 72.4 Å². The van der Waals surface area contributed by atoms with E-state index in [1.807, 2.05) is 66.9 Å². The Morgan fingerprint density at radius 3 is 2.19 bits per heavy atom. The number of nitrogens with one attached hydrogen (secondary N) is 1. The Balaban J connectivity index is 1.62. The van der Waals surface area contributed by atoms with Crippen LogP contribution in [0.15, 0.2) is 48.5 Å². The fourth-order valence-electron chi connectivity index (χ4n) is 3.23. The zero-order valence-corrected chi connectivity index (χ0v) is 18.9. The Hall–Kier alpha value is -3.13. The van der Waals surface area contributed by atoms with Crippen molar-refractivity contribution in [1.29, 1.82) is 0 Å². The predicted molar refractivity (Wildman–Crippen MR) is 123 cm³/mol. The smallest absolute Gasteiger partial charge is 0.224 e. The summed E-state index contributed by atoms with van der Waals surface area (Å²) in [5, 5.41) is 7.18. The summed E-state index contributed by atoms with van der Waals surface area (Å²) in [6, 6.07) is 15.5. The lowest BCUT2D eigenvalue weighted by Gasteiger charge is -2.18. The average Bonchev–Trinajstić information content (AvgIpc) is 3.14. The van der Waals surface area contributed by atoms with E-state index < -0.39 is 0 Å². The molecule has 1 N–H and O–H groups in total. The van der Waals surface area contributed by atoms with Gasteiger partial charge in [-0.2, -0.15) is 5.10 Å². The largest absolute Gasteiger partial charge is 0.494 e. The van der Waals surface area contributed by atoms with Gasteiger partial charge in [0.15, 0.2) is 10.6 Å². The molecule has 0 bridgehead atoms. The maximum absolute atomic E-state index is 12.7. The number of hydrogen-bond acceptors (Lipinski definition) is 5.